The number of urea groups is 1. The van der Waals surface area contributed by atoms with Gasteiger partial charge in [-0.1, -0.05) is 43.2 Å². The zero-order valence-corrected chi connectivity index (χ0v) is 22.3. The quantitative estimate of drug-likeness (QED) is 0.378. The van der Waals surface area contributed by atoms with Gasteiger partial charge in [0.1, 0.15) is 18.5 Å². The van der Waals surface area contributed by atoms with Gasteiger partial charge in [0.15, 0.2) is 29.5 Å². The molecular formula is C28H34N6O6. The van der Waals surface area contributed by atoms with E-state index in [1.165, 1.54) is 6.33 Å². The van der Waals surface area contributed by atoms with Crippen molar-refractivity contribution in [2.24, 2.45) is 11.8 Å². The van der Waals surface area contributed by atoms with Crippen molar-refractivity contribution >= 4 is 29.0 Å². The fourth-order valence-corrected chi connectivity index (χ4v) is 6.26. The van der Waals surface area contributed by atoms with Gasteiger partial charge in [0.25, 0.3) is 0 Å². The van der Waals surface area contributed by atoms with Gasteiger partial charge in [0, 0.05) is 12.1 Å². The van der Waals surface area contributed by atoms with Crippen LogP contribution in [0.15, 0.2) is 43.0 Å². The molecule has 0 bridgehead atoms. The van der Waals surface area contributed by atoms with Crippen LogP contribution in [0.25, 0.3) is 11.2 Å². The highest BCUT2D eigenvalue weighted by Crippen LogP contribution is 2.47. The molecule has 3 fully saturated rings. The number of benzene rings is 1. The zero-order valence-electron chi connectivity index (χ0n) is 22.3. The van der Waals surface area contributed by atoms with Crippen molar-refractivity contribution < 1.29 is 28.9 Å². The molecule has 6 rings (SSSR count). The Balaban J connectivity index is 1.27. The largest absolute Gasteiger partial charge is 0.481 e. The van der Waals surface area contributed by atoms with Crippen LogP contribution < -0.4 is 10.6 Å². The molecule has 0 radical (unpaired) electrons. The highest BCUT2D eigenvalue weighted by Gasteiger charge is 2.54. The Morgan fingerprint density at radius 1 is 1.02 bits per heavy atom. The number of hydrogen-bond acceptors (Lipinski definition) is 8. The van der Waals surface area contributed by atoms with Gasteiger partial charge < -0.3 is 24.6 Å². The predicted octanol–water partition coefficient (Wildman–Crippen LogP) is 4.02. The normalized spacial score (nSPS) is 29.8. The lowest BCUT2D eigenvalue weighted by Gasteiger charge is -2.29. The predicted molar refractivity (Wildman–Crippen MR) is 143 cm³/mol. The molecule has 1 saturated carbocycles. The number of carbonyl (C=O) groups is 2. The van der Waals surface area contributed by atoms with E-state index in [1.54, 1.807) is 10.9 Å². The van der Waals surface area contributed by atoms with Crippen molar-refractivity contribution in [1.29, 1.82) is 0 Å². The smallest absolute Gasteiger partial charge is 0.320 e. The Labute approximate surface area is 231 Å². The highest BCUT2D eigenvalue weighted by molar-refractivity contribution is 5.95. The summed E-state index contributed by atoms with van der Waals surface area (Å²) in [6.45, 7) is 2.31. The molecule has 3 aliphatic rings. The number of ether oxygens (including phenoxy) is 3. The maximum absolute atomic E-state index is 12.1. The van der Waals surface area contributed by atoms with Crippen molar-refractivity contribution in [3.05, 3.63) is 48.5 Å². The van der Waals surface area contributed by atoms with Crippen molar-refractivity contribution in [3.8, 4) is 0 Å². The maximum Gasteiger partial charge on any atom is 0.320 e. The fraction of sp³-hybridized carbons (Fsp3) is 0.536. The third kappa shape index (κ3) is 5.14. The molecule has 40 heavy (non-hydrogen) atoms. The number of nitrogens with one attached hydrogen (secondary N) is 2. The van der Waals surface area contributed by atoms with Crippen molar-refractivity contribution in [1.82, 2.24) is 24.8 Å². The summed E-state index contributed by atoms with van der Waals surface area (Å²) in [6, 6.07) is 9.39. The Kier molecular flexibility index (Phi) is 7.63. The molecule has 1 aromatic carbocycles. The van der Waals surface area contributed by atoms with Crippen LogP contribution in [-0.2, 0) is 19.0 Å². The van der Waals surface area contributed by atoms with Crippen LogP contribution in [0.1, 0.15) is 63.5 Å². The van der Waals surface area contributed by atoms with Gasteiger partial charge in [-0.05, 0) is 38.5 Å². The van der Waals surface area contributed by atoms with Gasteiger partial charge >= 0.3 is 12.0 Å². The van der Waals surface area contributed by atoms with Crippen LogP contribution in [-0.4, -0.2) is 61.5 Å². The Morgan fingerprint density at radius 3 is 2.62 bits per heavy atom. The summed E-state index contributed by atoms with van der Waals surface area (Å²) >= 11 is 0. The molecule has 2 amide bonds. The lowest BCUT2D eigenvalue weighted by atomic mass is 9.76. The van der Waals surface area contributed by atoms with Gasteiger partial charge in [-0.15, -0.1) is 0 Å². The molecule has 2 aliphatic heterocycles. The number of anilines is 1. The summed E-state index contributed by atoms with van der Waals surface area (Å²) in [6.07, 6.45) is 5.82. The van der Waals surface area contributed by atoms with E-state index in [9.17, 15) is 14.7 Å². The van der Waals surface area contributed by atoms with E-state index < -0.39 is 24.6 Å². The molecule has 4 heterocycles. The second-order valence-electron chi connectivity index (χ2n) is 10.6. The van der Waals surface area contributed by atoms with E-state index in [0.717, 1.165) is 37.7 Å². The van der Waals surface area contributed by atoms with E-state index in [1.807, 2.05) is 37.3 Å². The second kappa shape index (κ2) is 11.5. The van der Waals surface area contributed by atoms with Crippen molar-refractivity contribution in [3.63, 3.8) is 0 Å². The number of imidazole rings is 1. The van der Waals surface area contributed by atoms with E-state index in [4.69, 9.17) is 14.2 Å². The lowest BCUT2D eigenvalue weighted by molar-refractivity contribution is -0.150. The van der Waals surface area contributed by atoms with Gasteiger partial charge in [-0.2, -0.15) is 0 Å². The number of carboxylic acids is 1. The minimum absolute atomic E-state index is 0.115. The third-order valence-corrected chi connectivity index (χ3v) is 8.17. The summed E-state index contributed by atoms with van der Waals surface area (Å²) < 4.78 is 21.3. The number of aromatic nitrogens is 4. The molecule has 12 nitrogen and oxygen atoms in total. The minimum atomic E-state index is -0.709. The van der Waals surface area contributed by atoms with Gasteiger partial charge in [0.05, 0.1) is 18.3 Å². The molecule has 6 unspecified atom stereocenters. The number of carboxylic acid groups (broad SMARTS) is 1. The van der Waals surface area contributed by atoms with Crippen LogP contribution in [0, 0.1) is 11.8 Å². The first kappa shape index (κ1) is 26.6. The number of nitrogens with zero attached hydrogens (tertiary/aromatic N) is 4. The van der Waals surface area contributed by atoms with Crippen LogP contribution in [0.5, 0.6) is 0 Å². The summed E-state index contributed by atoms with van der Waals surface area (Å²) in [5.74, 6) is -0.614. The Hall–Kier alpha value is -3.61. The summed E-state index contributed by atoms with van der Waals surface area (Å²) in [4.78, 5) is 37.2. The monoisotopic (exact) mass is 550 g/mol. The Bertz CT molecular complexity index is 1350. The van der Waals surface area contributed by atoms with Crippen molar-refractivity contribution in [2.75, 3.05) is 11.9 Å². The number of amides is 2. The lowest BCUT2D eigenvalue weighted by Crippen LogP contribution is -2.31. The van der Waals surface area contributed by atoms with Gasteiger partial charge in [-0.3, -0.25) is 14.7 Å². The zero-order chi connectivity index (χ0) is 27.6. The van der Waals surface area contributed by atoms with E-state index >= 15 is 0 Å². The third-order valence-electron chi connectivity index (χ3n) is 8.17. The maximum atomic E-state index is 12.1. The minimum Gasteiger partial charge on any atom is -0.481 e. The number of rotatable bonds is 8. The number of fused-ring (bicyclic) bond motifs is 2. The van der Waals surface area contributed by atoms with Gasteiger partial charge in [-0.25, -0.2) is 19.7 Å². The average Bonchev–Trinajstić information content (AvgIpc) is 3.67. The Morgan fingerprint density at radius 2 is 1.82 bits per heavy atom. The molecule has 212 valence electrons. The molecule has 0 spiro atoms. The molecule has 3 aromatic rings. The first-order valence-corrected chi connectivity index (χ1v) is 14.0. The van der Waals surface area contributed by atoms with Crippen LogP contribution in [0.3, 0.4) is 0 Å². The van der Waals surface area contributed by atoms with Crippen LogP contribution >= 0.6 is 0 Å². The first-order chi connectivity index (χ1) is 19.5. The number of hydrogen-bond donors (Lipinski definition) is 3. The number of aliphatic carboxylic acids is 1. The average molecular weight is 551 g/mol. The van der Waals surface area contributed by atoms with Crippen LogP contribution in [0.2, 0.25) is 0 Å². The molecule has 2 aromatic heterocycles. The van der Waals surface area contributed by atoms with E-state index in [2.05, 4.69) is 25.6 Å². The van der Waals surface area contributed by atoms with Crippen molar-refractivity contribution in [2.45, 2.75) is 76.3 Å². The first-order valence-electron chi connectivity index (χ1n) is 14.0. The standard InChI is InChI=1S/C28H34N6O6/c1-2-29-28(37)33-23-20-24(31-14-30-23)34(15-32-20)25-22-21(39-27(40-22)17-9-4-3-5-10-17)19(38-25)13-12-16-8-6-7-11-18(16)26(35)36/h3-5,9-10,14-16,18-19,21-22,25,27H,2,6-8,11-13H2,1H3,(H,35,36)(H2,29,30,31,33,37)/t16?,18?,19?,21?,22?,25?,27-/m0/s1. The summed E-state index contributed by atoms with van der Waals surface area (Å²) in [5, 5.41) is 15.2. The fourth-order valence-electron chi connectivity index (χ4n) is 6.26. The molecule has 3 N–H and O–H groups in total. The topological polar surface area (TPSA) is 150 Å². The molecule has 12 heteroatoms. The summed E-state index contributed by atoms with van der Waals surface area (Å²) in [7, 11) is 0. The summed E-state index contributed by atoms with van der Waals surface area (Å²) in [5.41, 5.74) is 1.84. The SMILES string of the molecule is CCNC(=O)Nc1ncnc2c1ncn2C1OC(CCC2CCCCC2C(=O)O)C2O[C@H](c3ccccc3)OC21. The molecular weight excluding hydrogens is 516 g/mol. The number of carbonyl (C=O) groups excluding carboxylic acids is 1. The van der Waals surface area contributed by atoms with E-state index in [0.29, 0.717) is 29.9 Å². The van der Waals surface area contributed by atoms with E-state index in [-0.39, 0.29) is 30.1 Å². The molecule has 1 aliphatic carbocycles. The van der Waals surface area contributed by atoms with Gasteiger partial charge in [0.2, 0.25) is 0 Å². The molecule has 2 saturated heterocycles. The highest BCUT2D eigenvalue weighted by atomic mass is 16.8. The molecule has 7 atom stereocenters. The second-order valence-corrected chi connectivity index (χ2v) is 10.6. The van der Waals surface area contributed by atoms with Crippen LogP contribution in [0.4, 0.5) is 10.6 Å².